The van der Waals surface area contributed by atoms with Crippen molar-refractivity contribution < 1.29 is 27.2 Å². The average Bonchev–Trinajstić information content (AvgIpc) is 3.36. The lowest BCUT2D eigenvalue weighted by molar-refractivity contribution is -0.137. The Hall–Kier alpha value is -3.23. The number of fused-ring (bicyclic) bond motifs is 1. The maximum absolute atomic E-state index is 12.2. The van der Waals surface area contributed by atoms with Crippen molar-refractivity contribution in [2.75, 3.05) is 6.54 Å². The van der Waals surface area contributed by atoms with Crippen LogP contribution < -0.4 is 5.32 Å². The second kappa shape index (κ2) is 13.4. The zero-order valence-electron chi connectivity index (χ0n) is 22.1. The molecule has 3 heterocycles. The number of carbonyl (C=O) groups is 2. The first-order valence-electron chi connectivity index (χ1n) is 12.8. The Kier molecular flexibility index (Phi) is 10.8. The van der Waals surface area contributed by atoms with E-state index in [1.54, 1.807) is 18.5 Å². The maximum atomic E-state index is 12.2. The van der Waals surface area contributed by atoms with Gasteiger partial charge in [0.05, 0.1) is 11.8 Å². The van der Waals surface area contributed by atoms with Gasteiger partial charge in [0.2, 0.25) is 0 Å². The molecule has 3 aromatic rings. The van der Waals surface area contributed by atoms with Crippen molar-refractivity contribution in [1.82, 2.24) is 15.3 Å². The standard InChI is InChI=1S/C18H24N2O2.C8H6F3NO.C2H6/c1-3-6-18(7-4-2)10-14(18)11-20-17(21)15-9-13-5-8-19-12-16(13)22-15;1-5(13)7-4-6(2-3-12-7)8(9,10)11;1-2/h5,8-9,12,14H,3-4,6-7,10-11H2,1-2H3,(H,20,21);2-4H,1H3;1-2H3. The molecule has 1 aliphatic rings. The van der Waals surface area contributed by atoms with Crippen molar-refractivity contribution in [3.05, 3.63) is 59.9 Å². The van der Waals surface area contributed by atoms with Gasteiger partial charge in [0.15, 0.2) is 17.1 Å². The van der Waals surface area contributed by atoms with E-state index in [2.05, 4.69) is 29.1 Å². The van der Waals surface area contributed by atoms with Crippen LogP contribution in [0.5, 0.6) is 0 Å². The number of hydrogen-bond acceptors (Lipinski definition) is 5. The Morgan fingerprint density at radius 3 is 2.35 bits per heavy atom. The smallest absolute Gasteiger partial charge is 0.416 e. The van der Waals surface area contributed by atoms with E-state index in [9.17, 15) is 22.8 Å². The number of pyridine rings is 2. The molecule has 1 fully saturated rings. The second-order valence-corrected chi connectivity index (χ2v) is 8.98. The summed E-state index contributed by atoms with van der Waals surface area (Å²) in [5.74, 6) is 0.402. The van der Waals surface area contributed by atoms with Crippen LogP contribution in [0.1, 0.15) is 93.3 Å². The Balaban J connectivity index is 0.000000275. The predicted molar refractivity (Wildman–Crippen MR) is 137 cm³/mol. The first kappa shape index (κ1) is 30.0. The third-order valence-electron chi connectivity index (χ3n) is 6.36. The van der Waals surface area contributed by atoms with E-state index in [4.69, 9.17) is 4.42 Å². The van der Waals surface area contributed by atoms with Crippen molar-refractivity contribution in [3.8, 4) is 0 Å². The van der Waals surface area contributed by atoms with Gasteiger partial charge in [-0.2, -0.15) is 13.2 Å². The molecule has 1 aliphatic carbocycles. The molecule has 0 aromatic carbocycles. The molecule has 0 bridgehead atoms. The molecular weight excluding hydrogens is 483 g/mol. The van der Waals surface area contributed by atoms with E-state index >= 15 is 0 Å². The van der Waals surface area contributed by atoms with E-state index in [0.29, 0.717) is 22.7 Å². The minimum absolute atomic E-state index is 0.120. The molecule has 0 saturated heterocycles. The molecule has 1 saturated carbocycles. The van der Waals surface area contributed by atoms with Gasteiger partial charge >= 0.3 is 6.18 Å². The number of ketones is 1. The highest BCUT2D eigenvalue weighted by Gasteiger charge is 2.51. The highest BCUT2D eigenvalue weighted by Crippen LogP contribution is 2.58. The van der Waals surface area contributed by atoms with Gasteiger partial charge < -0.3 is 9.73 Å². The zero-order valence-corrected chi connectivity index (χ0v) is 22.1. The van der Waals surface area contributed by atoms with Crippen LogP contribution in [-0.2, 0) is 6.18 Å². The molecule has 0 aliphatic heterocycles. The average molecular weight is 520 g/mol. The first-order valence-corrected chi connectivity index (χ1v) is 12.8. The summed E-state index contributed by atoms with van der Waals surface area (Å²) in [6.07, 6.45) is 6.14. The lowest BCUT2D eigenvalue weighted by Gasteiger charge is -2.15. The van der Waals surface area contributed by atoms with Crippen molar-refractivity contribution >= 4 is 22.7 Å². The number of furan rings is 1. The summed E-state index contributed by atoms with van der Waals surface area (Å²) in [6.45, 7) is 10.4. The van der Waals surface area contributed by atoms with Gasteiger partial charge in [-0.25, -0.2) is 0 Å². The number of amides is 1. The number of carbonyl (C=O) groups excluding carboxylic acids is 2. The van der Waals surface area contributed by atoms with Crippen molar-refractivity contribution in [3.63, 3.8) is 0 Å². The molecule has 9 heteroatoms. The summed E-state index contributed by atoms with van der Waals surface area (Å²) in [5, 5.41) is 3.96. The highest BCUT2D eigenvalue weighted by molar-refractivity contribution is 5.95. The summed E-state index contributed by atoms with van der Waals surface area (Å²) in [7, 11) is 0. The molecule has 3 aromatic heterocycles. The largest absolute Gasteiger partial charge is 0.449 e. The summed E-state index contributed by atoms with van der Waals surface area (Å²) in [5.41, 5.74) is 0.113. The number of nitrogens with zero attached hydrogens (tertiary/aromatic N) is 2. The van der Waals surface area contributed by atoms with Gasteiger partial charge in [0, 0.05) is 31.2 Å². The second-order valence-electron chi connectivity index (χ2n) is 8.98. The molecule has 4 rings (SSSR count). The Morgan fingerprint density at radius 2 is 1.78 bits per heavy atom. The van der Waals surface area contributed by atoms with Gasteiger partial charge in [-0.1, -0.05) is 40.5 Å². The van der Waals surface area contributed by atoms with Crippen molar-refractivity contribution in [2.24, 2.45) is 11.3 Å². The van der Waals surface area contributed by atoms with Gasteiger partial charge in [0.1, 0.15) is 5.69 Å². The lowest BCUT2D eigenvalue weighted by atomic mass is 9.92. The topological polar surface area (TPSA) is 85.1 Å². The Morgan fingerprint density at radius 1 is 1.11 bits per heavy atom. The Labute approximate surface area is 216 Å². The van der Waals surface area contributed by atoms with E-state index in [0.717, 1.165) is 30.3 Å². The van der Waals surface area contributed by atoms with E-state index in [1.165, 1.54) is 39.0 Å². The van der Waals surface area contributed by atoms with E-state index in [1.807, 2.05) is 19.9 Å². The minimum atomic E-state index is -4.42. The number of halogens is 3. The number of Topliss-reactive ketones (excluding diaryl/α,β-unsaturated/α-hetero) is 1. The fourth-order valence-corrected chi connectivity index (χ4v) is 4.55. The van der Waals surface area contributed by atoms with Crippen LogP contribution in [-0.4, -0.2) is 28.2 Å². The molecule has 37 heavy (non-hydrogen) atoms. The van der Waals surface area contributed by atoms with Crippen LogP contribution in [0.15, 0.2) is 47.3 Å². The van der Waals surface area contributed by atoms with E-state index < -0.39 is 17.5 Å². The minimum Gasteiger partial charge on any atom is -0.449 e. The normalized spacial score (nSPS) is 15.6. The monoisotopic (exact) mass is 519 g/mol. The number of aromatic nitrogens is 2. The number of rotatable bonds is 8. The SMILES string of the molecule is CC.CC(=O)c1cc(C(F)(F)F)ccn1.CCCC1(CCC)CC1CNC(=O)c1cc2ccncc2o1. The third-order valence-corrected chi connectivity index (χ3v) is 6.36. The van der Waals surface area contributed by atoms with Crippen LogP contribution in [0.2, 0.25) is 0 Å². The molecule has 1 N–H and O–H groups in total. The van der Waals surface area contributed by atoms with Gasteiger partial charge in [-0.3, -0.25) is 19.6 Å². The van der Waals surface area contributed by atoms with Crippen LogP contribution in [0.4, 0.5) is 13.2 Å². The highest BCUT2D eigenvalue weighted by atomic mass is 19.4. The zero-order chi connectivity index (χ0) is 27.6. The first-order chi connectivity index (χ1) is 17.6. The predicted octanol–water partition coefficient (Wildman–Crippen LogP) is 7.49. The number of hydrogen-bond donors (Lipinski definition) is 1. The number of nitrogens with one attached hydrogen (secondary N) is 1. The molecule has 202 valence electrons. The van der Waals surface area contributed by atoms with Crippen molar-refractivity contribution in [2.45, 2.75) is 72.9 Å². The van der Waals surface area contributed by atoms with Gasteiger partial charge in [0.25, 0.3) is 5.91 Å². The summed E-state index contributed by atoms with van der Waals surface area (Å²) in [4.78, 5) is 30.4. The van der Waals surface area contributed by atoms with Crippen molar-refractivity contribution in [1.29, 1.82) is 0 Å². The van der Waals surface area contributed by atoms with E-state index in [-0.39, 0.29) is 11.6 Å². The third kappa shape index (κ3) is 8.13. The maximum Gasteiger partial charge on any atom is 0.416 e. The van der Waals surface area contributed by atoms with Gasteiger partial charge in [-0.05, 0) is 54.9 Å². The summed E-state index contributed by atoms with van der Waals surface area (Å²) >= 11 is 0. The molecule has 0 radical (unpaired) electrons. The molecule has 1 unspecified atom stereocenters. The fraction of sp³-hybridized carbons (Fsp3) is 0.500. The fourth-order valence-electron chi connectivity index (χ4n) is 4.55. The van der Waals surface area contributed by atoms with Crippen LogP contribution in [0.25, 0.3) is 11.0 Å². The van der Waals surface area contributed by atoms with Crippen LogP contribution >= 0.6 is 0 Å². The van der Waals surface area contributed by atoms with Crippen LogP contribution in [0, 0.1) is 11.3 Å². The summed E-state index contributed by atoms with van der Waals surface area (Å²) in [6, 6.07) is 5.20. The molecule has 1 amide bonds. The lowest BCUT2D eigenvalue weighted by Crippen LogP contribution is -2.26. The number of alkyl halides is 3. The molecule has 0 spiro atoms. The quantitative estimate of drug-likeness (QED) is 0.312. The Bertz CT molecular complexity index is 1130. The van der Waals surface area contributed by atoms with Gasteiger partial charge in [-0.15, -0.1) is 0 Å². The molecule has 6 nitrogen and oxygen atoms in total. The van der Waals surface area contributed by atoms with Crippen LogP contribution in [0.3, 0.4) is 0 Å². The molecular formula is C28H36F3N3O3. The molecule has 1 atom stereocenters. The summed E-state index contributed by atoms with van der Waals surface area (Å²) < 4.78 is 41.8.